The van der Waals surface area contributed by atoms with Gasteiger partial charge >= 0.3 is 0 Å². The predicted molar refractivity (Wildman–Crippen MR) is 64.9 cm³/mol. The van der Waals surface area contributed by atoms with Gasteiger partial charge in [-0.2, -0.15) is 0 Å². The van der Waals surface area contributed by atoms with Gasteiger partial charge in [0.05, 0.1) is 5.69 Å². The molecule has 0 aliphatic carbocycles. The molecule has 1 aromatic carbocycles. The van der Waals surface area contributed by atoms with Crippen LogP contribution < -0.4 is 5.90 Å². The van der Waals surface area contributed by atoms with E-state index in [-0.39, 0.29) is 0 Å². The lowest BCUT2D eigenvalue weighted by molar-refractivity contribution is 0.124. The molecule has 0 spiro atoms. The largest absolute Gasteiger partial charge is 0.297 e. The fourth-order valence-corrected chi connectivity index (χ4v) is 2.27. The summed E-state index contributed by atoms with van der Waals surface area (Å²) in [6, 6.07) is 10.4. The van der Waals surface area contributed by atoms with Crippen molar-refractivity contribution in [2.45, 2.75) is 19.4 Å². The maximum Gasteiger partial charge on any atom is 0.121 e. The third-order valence-corrected chi connectivity index (χ3v) is 3.19. The highest BCUT2D eigenvalue weighted by Crippen LogP contribution is 2.12. The van der Waals surface area contributed by atoms with Crippen LogP contribution >= 0.6 is 11.3 Å². The van der Waals surface area contributed by atoms with E-state index in [9.17, 15) is 0 Å². The van der Waals surface area contributed by atoms with E-state index in [2.05, 4.69) is 39.5 Å². The molecule has 16 heavy (non-hydrogen) atoms. The van der Waals surface area contributed by atoms with E-state index < -0.39 is 0 Å². The van der Waals surface area contributed by atoms with E-state index in [1.165, 1.54) is 5.56 Å². The van der Waals surface area contributed by atoms with Crippen molar-refractivity contribution in [3.05, 3.63) is 52.0 Å². The summed E-state index contributed by atoms with van der Waals surface area (Å²) < 4.78 is 0. The van der Waals surface area contributed by atoms with Gasteiger partial charge in [0.2, 0.25) is 0 Å². The number of aromatic nitrogens is 1. The number of benzene rings is 1. The van der Waals surface area contributed by atoms with E-state index in [4.69, 9.17) is 5.90 Å². The third-order valence-electron chi connectivity index (χ3n) is 2.32. The zero-order valence-corrected chi connectivity index (χ0v) is 9.74. The predicted octanol–water partition coefficient (Wildman–Crippen LogP) is 2.32. The van der Waals surface area contributed by atoms with Crippen LogP contribution in [0.25, 0.3) is 0 Å². The van der Waals surface area contributed by atoms with Gasteiger partial charge < -0.3 is 0 Å². The van der Waals surface area contributed by atoms with Gasteiger partial charge in [-0.15, -0.1) is 11.3 Å². The molecule has 0 saturated carbocycles. The van der Waals surface area contributed by atoms with Gasteiger partial charge in [-0.05, 0) is 18.4 Å². The Morgan fingerprint density at radius 1 is 1.19 bits per heavy atom. The van der Waals surface area contributed by atoms with Crippen molar-refractivity contribution in [1.29, 1.82) is 0 Å². The van der Waals surface area contributed by atoms with Crippen LogP contribution in [0.3, 0.4) is 0 Å². The Bertz CT molecular complexity index is 428. The fourth-order valence-electron chi connectivity index (χ4n) is 1.52. The van der Waals surface area contributed by atoms with Gasteiger partial charge in [0, 0.05) is 5.38 Å². The molecule has 0 saturated heterocycles. The summed E-state index contributed by atoms with van der Waals surface area (Å²) in [5, 5.41) is 3.00. The van der Waals surface area contributed by atoms with Crippen LogP contribution in [-0.2, 0) is 24.3 Å². The Kier molecular flexibility index (Phi) is 4.04. The first kappa shape index (κ1) is 11.3. The first-order valence-corrected chi connectivity index (χ1v) is 6.05. The van der Waals surface area contributed by atoms with Crippen molar-refractivity contribution < 1.29 is 4.84 Å². The highest BCUT2D eigenvalue weighted by molar-refractivity contribution is 7.09. The van der Waals surface area contributed by atoms with Crippen LogP contribution in [0.2, 0.25) is 0 Å². The second-order valence-electron chi connectivity index (χ2n) is 3.53. The van der Waals surface area contributed by atoms with E-state index in [0.29, 0.717) is 6.61 Å². The second kappa shape index (κ2) is 5.75. The lowest BCUT2D eigenvalue weighted by Crippen LogP contribution is -1.99. The second-order valence-corrected chi connectivity index (χ2v) is 4.47. The Hall–Kier alpha value is -1.23. The number of thiazole rings is 1. The summed E-state index contributed by atoms with van der Waals surface area (Å²) in [5.74, 6) is 5.00. The average molecular weight is 234 g/mol. The summed E-state index contributed by atoms with van der Waals surface area (Å²) in [7, 11) is 0. The lowest BCUT2D eigenvalue weighted by Gasteiger charge is -1.98. The van der Waals surface area contributed by atoms with Crippen LogP contribution in [0.5, 0.6) is 0 Å². The first-order chi connectivity index (χ1) is 7.88. The Labute approximate surface area is 98.9 Å². The molecule has 0 atom stereocenters. The first-order valence-electron chi connectivity index (χ1n) is 5.17. The molecule has 0 unspecified atom stereocenters. The smallest absolute Gasteiger partial charge is 0.121 e. The molecule has 84 valence electrons. The number of rotatable bonds is 5. The molecule has 0 amide bonds. The molecule has 0 bridgehead atoms. The van der Waals surface area contributed by atoms with Crippen LogP contribution in [-0.4, -0.2) is 4.98 Å². The van der Waals surface area contributed by atoms with Crippen molar-refractivity contribution >= 4 is 11.3 Å². The fraction of sp³-hybridized carbons (Fsp3) is 0.250. The topological polar surface area (TPSA) is 48.1 Å². The Morgan fingerprint density at radius 2 is 2.00 bits per heavy atom. The zero-order chi connectivity index (χ0) is 11.2. The van der Waals surface area contributed by atoms with Gasteiger partial charge in [-0.25, -0.2) is 10.9 Å². The summed E-state index contributed by atoms with van der Waals surface area (Å²) >= 11 is 1.59. The zero-order valence-electron chi connectivity index (χ0n) is 8.93. The number of hydrogen-bond donors (Lipinski definition) is 1. The molecule has 1 heterocycles. The van der Waals surface area contributed by atoms with Crippen LogP contribution in [0.4, 0.5) is 0 Å². The van der Waals surface area contributed by atoms with E-state index in [1.54, 1.807) is 11.3 Å². The molecule has 0 radical (unpaired) electrons. The highest BCUT2D eigenvalue weighted by atomic mass is 32.1. The molecular weight excluding hydrogens is 220 g/mol. The van der Waals surface area contributed by atoms with E-state index in [0.717, 1.165) is 23.5 Å². The van der Waals surface area contributed by atoms with Gasteiger partial charge in [0.1, 0.15) is 11.6 Å². The minimum Gasteiger partial charge on any atom is -0.297 e. The summed E-state index contributed by atoms with van der Waals surface area (Å²) in [5.41, 5.74) is 2.45. The van der Waals surface area contributed by atoms with Gasteiger partial charge in [0.25, 0.3) is 0 Å². The lowest BCUT2D eigenvalue weighted by atomic mass is 10.1. The molecule has 2 rings (SSSR count). The van der Waals surface area contributed by atoms with Gasteiger partial charge in [0.15, 0.2) is 0 Å². The minimum atomic E-state index is 0.399. The summed E-state index contributed by atoms with van der Waals surface area (Å²) in [6.45, 7) is 0.399. The molecule has 2 N–H and O–H groups in total. The molecule has 0 aliphatic heterocycles. The van der Waals surface area contributed by atoms with Crippen molar-refractivity contribution in [1.82, 2.24) is 4.98 Å². The van der Waals surface area contributed by atoms with Crippen molar-refractivity contribution in [3.8, 4) is 0 Å². The van der Waals surface area contributed by atoms with Crippen LogP contribution in [0.15, 0.2) is 35.7 Å². The van der Waals surface area contributed by atoms with Crippen LogP contribution in [0, 0.1) is 0 Å². The Balaban J connectivity index is 1.89. The molecule has 2 aromatic rings. The molecule has 0 aliphatic rings. The molecule has 0 fully saturated rings. The molecular formula is C12H14N2OS. The monoisotopic (exact) mass is 234 g/mol. The number of aryl methyl sites for hydroxylation is 2. The molecule has 4 heteroatoms. The highest BCUT2D eigenvalue weighted by Gasteiger charge is 2.02. The van der Waals surface area contributed by atoms with Crippen LogP contribution in [0.1, 0.15) is 16.3 Å². The maximum absolute atomic E-state index is 5.00. The molecule has 1 aromatic heterocycles. The summed E-state index contributed by atoms with van der Waals surface area (Å²) in [4.78, 5) is 8.98. The van der Waals surface area contributed by atoms with Crippen molar-refractivity contribution in [2.75, 3.05) is 0 Å². The SMILES string of the molecule is NOCc1nc(CCc2ccccc2)cs1. The average Bonchev–Trinajstić information content (AvgIpc) is 2.76. The normalized spacial score (nSPS) is 10.6. The minimum absolute atomic E-state index is 0.399. The van der Waals surface area contributed by atoms with E-state index in [1.807, 2.05) is 6.07 Å². The Morgan fingerprint density at radius 3 is 2.75 bits per heavy atom. The van der Waals surface area contributed by atoms with Gasteiger partial charge in [-0.3, -0.25) is 4.84 Å². The number of hydrogen-bond acceptors (Lipinski definition) is 4. The summed E-state index contributed by atoms with van der Waals surface area (Å²) in [6.07, 6.45) is 1.98. The standard InChI is InChI=1S/C12H14N2OS/c13-15-8-12-14-11(9-16-12)7-6-10-4-2-1-3-5-10/h1-5,9H,6-8,13H2. The molecule has 3 nitrogen and oxygen atoms in total. The van der Waals surface area contributed by atoms with Crippen molar-refractivity contribution in [2.24, 2.45) is 5.90 Å². The van der Waals surface area contributed by atoms with Crippen molar-refractivity contribution in [3.63, 3.8) is 0 Å². The van der Waals surface area contributed by atoms with Gasteiger partial charge in [-0.1, -0.05) is 30.3 Å². The quantitative estimate of drug-likeness (QED) is 0.808. The maximum atomic E-state index is 5.00. The van der Waals surface area contributed by atoms with E-state index >= 15 is 0 Å². The third kappa shape index (κ3) is 3.13. The number of nitrogens with two attached hydrogens (primary N) is 1. The number of nitrogens with zero attached hydrogens (tertiary/aromatic N) is 1.